The van der Waals surface area contributed by atoms with E-state index in [0.29, 0.717) is 28.4 Å². The number of methoxy groups -OCH3 is 1. The van der Waals surface area contributed by atoms with E-state index < -0.39 is 0 Å². The molecule has 0 aliphatic carbocycles. The van der Waals surface area contributed by atoms with Crippen LogP contribution in [0, 0.1) is 0 Å². The van der Waals surface area contributed by atoms with E-state index in [1.165, 1.54) is 16.4 Å². The lowest BCUT2D eigenvalue weighted by Crippen LogP contribution is -2.15. The van der Waals surface area contributed by atoms with Gasteiger partial charge in [0.05, 0.1) is 12.9 Å². The fourth-order valence-electron chi connectivity index (χ4n) is 2.45. The average Bonchev–Trinajstić information content (AvgIpc) is 3.28. The van der Waals surface area contributed by atoms with Gasteiger partial charge in [-0.2, -0.15) is 0 Å². The van der Waals surface area contributed by atoms with Crippen LogP contribution in [0.4, 0.5) is 0 Å². The van der Waals surface area contributed by atoms with Gasteiger partial charge in [0.25, 0.3) is 0 Å². The predicted molar refractivity (Wildman–Crippen MR) is 101 cm³/mol. The highest BCUT2D eigenvalue weighted by molar-refractivity contribution is 7.98. The molecule has 27 heavy (non-hydrogen) atoms. The third-order valence-electron chi connectivity index (χ3n) is 3.81. The van der Waals surface area contributed by atoms with Crippen molar-refractivity contribution in [3.8, 4) is 11.5 Å². The molecular weight excluding hydrogens is 366 g/mol. The molecule has 0 bridgehead atoms. The smallest absolute Gasteiger partial charge is 0.210 e. The zero-order chi connectivity index (χ0) is 18.6. The van der Waals surface area contributed by atoms with Gasteiger partial charge in [-0.25, -0.2) is 9.66 Å². The van der Waals surface area contributed by atoms with E-state index in [4.69, 9.17) is 19.7 Å². The molecule has 0 aliphatic rings. The molecule has 0 saturated carbocycles. The van der Waals surface area contributed by atoms with Gasteiger partial charge in [-0.05, 0) is 24.3 Å². The van der Waals surface area contributed by atoms with Crippen LogP contribution < -0.4 is 15.3 Å². The maximum Gasteiger partial charge on any atom is 0.210 e. The van der Waals surface area contributed by atoms with E-state index >= 15 is 0 Å². The predicted octanol–water partition coefficient (Wildman–Crippen LogP) is 3.01. The molecule has 2 aromatic carbocycles. The van der Waals surface area contributed by atoms with E-state index in [0.717, 1.165) is 16.8 Å². The number of fused-ring (bicyclic) bond motifs is 1. The second-order valence-electron chi connectivity index (χ2n) is 5.60. The van der Waals surface area contributed by atoms with Crippen molar-refractivity contribution in [3.63, 3.8) is 0 Å². The molecule has 0 saturated heterocycles. The van der Waals surface area contributed by atoms with Gasteiger partial charge in [0.2, 0.25) is 11.0 Å². The van der Waals surface area contributed by atoms with E-state index in [9.17, 15) is 0 Å². The van der Waals surface area contributed by atoms with Crippen molar-refractivity contribution < 1.29 is 13.9 Å². The summed E-state index contributed by atoms with van der Waals surface area (Å²) in [5, 5.41) is 8.75. The number of nitrogen functional groups attached to an aromatic ring is 1. The zero-order valence-corrected chi connectivity index (χ0v) is 15.3. The summed E-state index contributed by atoms with van der Waals surface area (Å²) in [5.41, 5.74) is 1.59. The highest BCUT2D eigenvalue weighted by Gasteiger charge is 2.13. The van der Waals surface area contributed by atoms with E-state index in [-0.39, 0.29) is 6.61 Å². The first-order valence-electron chi connectivity index (χ1n) is 8.16. The van der Waals surface area contributed by atoms with Crippen LogP contribution in [-0.2, 0) is 12.4 Å². The largest absolute Gasteiger partial charge is 0.497 e. The summed E-state index contributed by atoms with van der Waals surface area (Å²) >= 11 is 1.40. The van der Waals surface area contributed by atoms with Crippen molar-refractivity contribution in [1.29, 1.82) is 0 Å². The minimum atomic E-state index is 0.195. The van der Waals surface area contributed by atoms with Crippen molar-refractivity contribution >= 4 is 22.9 Å². The molecule has 0 fully saturated rings. The summed E-state index contributed by atoms with van der Waals surface area (Å²) in [6, 6.07) is 15.0. The van der Waals surface area contributed by atoms with Gasteiger partial charge >= 0.3 is 0 Å². The molecule has 4 aromatic rings. The number of ether oxygens (including phenoxy) is 2. The van der Waals surface area contributed by atoms with Crippen molar-refractivity contribution in [2.45, 2.75) is 17.5 Å². The Morgan fingerprint density at radius 3 is 2.81 bits per heavy atom. The van der Waals surface area contributed by atoms with Gasteiger partial charge in [-0.1, -0.05) is 30.0 Å². The number of hydrogen-bond donors (Lipinski definition) is 1. The normalized spacial score (nSPS) is 11.0. The Labute approximate surface area is 159 Å². The molecule has 0 radical (unpaired) electrons. The number of rotatable bonds is 7. The Kier molecular flexibility index (Phi) is 4.84. The minimum Gasteiger partial charge on any atom is -0.497 e. The Hall–Kier alpha value is -3.20. The molecule has 0 aliphatic heterocycles. The van der Waals surface area contributed by atoms with Crippen molar-refractivity contribution in [2.24, 2.45) is 0 Å². The molecule has 4 rings (SSSR count). The third kappa shape index (κ3) is 3.82. The maximum atomic E-state index is 6.08. The summed E-state index contributed by atoms with van der Waals surface area (Å²) in [7, 11) is 1.61. The number of nitrogens with two attached hydrogens (primary N) is 1. The van der Waals surface area contributed by atoms with Crippen LogP contribution in [0.5, 0.6) is 11.5 Å². The number of aromatic nitrogens is 4. The standard InChI is InChI=1S/C18H17N5O3S/c1-24-12-5-4-6-13(9-12)25-10-16-21-22-18(23(16)19)27-11-17-20-14-7-2-3-8-15(14)26-17/h2-9H,10-11,19H2,1H3. The van der Waals surface area contributed by atoms with Gasteiger partial charge in [-0.3, -0.25) is 0 Å². The van der Waals surface area contributed by atoms with Gasteiger partial charge < -0.3 is 19.7 Å². The molecule has 0 amide bonds. The first kappa shape index (κ1) is 17.2. The molecule has 0 spiro atoms. The summed E-state index contributed by atoms with van der Waals surface area (Å²) < 4.78 is 18.0. The van der Waals surface area contributed by atoms with Crippen LogP contribution in [0.25, 0.3) is 11.1 Å². The zero-order valence-electron chi connectivity index (χ0n) is 14.5. The molecule has 2 heterocycles. The lowest BCUT2D eigenvalue weighted by molar-refractivity contribution is 0.289. The summed E-state index contributed by atoms with van der Waals surface area (Å²) in [5.74, 6) is 9.08. The van der Waals surface area contributed by atoms with Crippen LogP contribution in [0.15, 0.2) is 58.1 Å². The molecular formula is C18H17N5O3S. The van der Waals surface area contributed by atoms with E-state index in [1.807, 2.05) is 42.5 Å². The lowest BCUT2D eigenvalue weighted by Gasteiger charge is -2.07. The second-order valence-corrected chi connectivity index (χ2v) is 6.54. The Balaban J connectivity index is 1.39. The third-order valence-corrected chi connectivity index (χ3v) is 4.74. The van der Waals surface area contributed by atoms with Crippen LogP contribution in [-0.4, -0.2) is 27.0 Å². The highest BCUT2D eigenvalue weighted by Crippen LogP contribution is 2.24. The first-order valence-corrected chi connectivity index (χ1v) is 9.15. The SMILES string of the molecule is COc1cccc(OCc2nnc(SCc3nc4ccccc4o3)n2N)c1. The van der Waals surface area contributed by atoms with Crippen LogP contribution >= 0.6 is 11.8 Å². The van der Waals surface area contributed by atoms with Gasteiger partial charge in [0.1, 0.15) is 23.6 Å². The number of benzene rings is 2. The fourth-order valence-corrected chi connectivity index (χ4v) is 3.17. The topological polar surface area (TPSA) is 101 Å². The van der Waals surface area contributed by atoms with Crippen LogP contribution in [0.1, 0.15) is 11.7 Å². The lowest BCUT2D eigenvalue weighted by atomic mass is 10.3. The molecule has 8 nitrogen and oxygen atoms in total. The average molecular weight is 383 g/mol. The Bertz CT molecular complexity index is 1030. The minimum absolute atomic E-state index is 0.195. The molecule has 2 N–H and O–H groups in total. The van der Waals surface area contributed by atoms with Crippen molar-refractivity contribution in [2.75, 3.05) is 13.0 Å². The number of thioether (sulfide) groups is 1. The van der Waals surface area contributed by atoms with Crippen LogP contribution in [0.2, 0.25) is 0 Å². The highest BCUT2D eigenvalue weighted by atomic mass is 32.2. The molecule has 0 atom stereocenters. The van der Waals surface area contributed by atoms with Gasteiger partial charge in [0.15, 0.2) is 11.4 Å². The number of hydrogen-bond acceptors (Lipinski definition) is 8. The number of para-hydroxylation sites is 2. The second kappa shape index (κ2) is 7.58. The molecule has 9 heteroatoms. The van der Waals surface area contributed by atoms with E-state index in [2.05, 4.69) is 15.2 Å². The molecule has 138 valence electrons. The molecule has 2 aromatic heterocycles. The monoisotopic (exact) mass is 383 g/mol. The van der Waals surface area contributed by atoms with Crippen molar-refractivity contribution in [1.82, 2.24) is 19.9 Å². The fraction of sp³-hybridized carbons (Fsp3) is 0.167. The van der Waals surface area contributed by atoms with Crippen LogP contribution in [0.3, 0.4) is 0 Å². The number of nitrogens with zero attached hydrogens (tertiary/aromatic N) is 4. The quantitative estimate of drug-likeness (QED) is 0.384. The van der Waals surface area contributed by atoms with Gasteiger partial charge in [0, 0.05) is 6.07 Å². The van der Waals surface area contributed by atoms with Crippen molar-refractivity contribution in [3.05, 3.63) is 60.2 Å². The number of oxazole rings is 1. The maximum absolute atomic E-state index is 6.08. The Morgan fingerprint density at radius 2 is 1.96 bits per heavy atom. The first-order chi connectivity index (χ1) is 13.2. The summed E-state index contributed by atoms with van der Waals surface area (Å²) in [4.78, 5) is 4.43. The summed E-state index contributed by atoms with van der Waals surface area (Å²) in [6.45, 7) is 0.195. The summed E-state index contributed by atoms with van der Waals surface area (Å²) in [6.07, 6.45) is 0. The Morgan fingerprint density at radius 1 is 1.11 bits per heavy atom. The molecule has 0 unspecified atom stereocenters. The van der Waals surface area contributed by atoms with E-state index in [1.54, 1.807) is 13.2 Å². The van der Waals surface area contributed by atoms with Gasteiger partial charge in [-0.15, -0.1) is 10.2 Å².